The van der Waals surface area contributed by atoms with Crippen LogP contribution in [0.5, 0.6) is 0 Å². The van der Waals surface area contributed by atoms with E-state index in [2.05, 4.69) is 16.9 Å². The molecule has 3 heteroatoms. The Labute approximate surface area is 72.6 Å². The van der Waals surface area contributed by atoms with Gasteiger partial charge in [-0.15, -0.1) is 5.92 Å². The number of hydrogen-bond donors (Lipinski definition) is 1. The van der Waals surface area contributed by atoms with Crippen LogP contribution in [0, 0.1) is 18.8 Å². The third-order valence-corrected chi connectivity index (χ3v) is 1.76. The Balaban J connectivity index is 2.88. The molecule has 0 saturated carbocycles. The SMILES string of the molecule is CC#CCn1ncc(C)c1CN. The van der Waals surface area contributed by atoms with E-state index in [1.54, 1.807) is 0 Å². The minimum absolute atomic E-state index is 0.525. The number of rotatable bonds is 2. The second-order valence-electron chi connectivity index (χ2n) is 2.56. The summed E-state index contributed by atoms with van der Waals surface area (Å²) in [6.07, 6.45) is 1.82. The van der Waals surface area contributed by atoms with Crippen LogP contribution in [0.25, 0.3) is 0 Å². The molecule has 0 bridgehead atoms. The Morgan fingerprint density at radius 1 is 1.67 bits per heavy atom. The second kappa shape index (κ2) is 3.93. The van der Waals surface area contributed by atoms with Crippen LogP contribution in [-0.4, -0.2) is 9.78 Å². The molecule has 0 aliphatic carbocycles. The van der Waals surface area contributed by atoms with Crippen molar-refractivity contribution < 1.29 is 0 Å². The van der Waals surface area contributed by atoms with Gasteiger partial charge in [0.2, 0.25) is 0 Å². The van der Waals surface area contributed by atoms with Gasteiger partial charge in [-0.25, -0.2) is 0 Å². The fraction of sp³-hybridized carbons (Fsp3) is 0.444. The molecular formula is C9H13N3. The van der Waals surface area contributed by atoms with Gasteiger partial charge in [0.1, 0.15) is 6.54 Å². The van der Waals surface area contributed by atoms with Gasteiger partial charge in [-0.05, 0) is 19.4 Å². The van der Waals surface area contributed by atoms with Crippen LogP contribution in [0.1, 0.15) is 18.2 Å². The Bertz CT molecular complexity index is 314. The average Bonchev–Trinajstić information content (AvgIpc) is 2.43. The van der Waals surface area contributed by atoms with Crippen LogP contribution in [-0.2, 0) is 13.1 Å². The maximum atomic E-state index is 5.56. The summed E-state index contributed by atoms with van der Waals surface area (Å²) in [6.45, 7) is 4.98. The first kappa shape index (κ1) is 8.82. The summed E-state index contributed by atoms with van der Waals surface area (Å²) in [7, 11) is 0. The fourth-order valence-electron chi connectivity index (χ4n) is 1.06. The van der Waals surface area contributed by atoms with Crippen molar-refractivity contribution in [3.05, 3.63) is 17.5 Å². The molecule has 1 aromatic rings. The Kier molecular flexibility index (Phi) is 2.89. The first-order chi connectivity index (χ1) is 5.79. The topological polar surface area (TPSA) is 43.8 Å². The first-order valence-electron chi connectivity index (χ1n) is 3.90. The smallest absolute Gasteiger partial charge is 0.102 e. The molecule has 0 radical (unpaired) electrons. The molecule has 0 saturated heterocycles. The molecular weight excluding hydrogens is 150 g/mol. The van der Waals surface area contributed by atoms with E-state index < -0.39 is 0 Å². The number of nitrogens with two attached hydrogens (primary N) is 1. The average molecular weight is 163 g/mol. The van der Waals surface area contributed by atoms with Gasteiger partial charge < -0.3 is 5.73 Å². The van der Waals surface area contributed by atoms with Gasteiger partial charge in [-0.3, -0.25) is 4.68 Å². The molecule has 2 N–H and O–H groups in total. The maximum absolute atomic E-state index is 5.56. The van der Waals surface area contributed by atoms with Gasteiger partial charge in [-0.2, -0.15) is 5.10 Å². The molecule has 1 rings (SSSR count). The molecule has 64 valence electrons. The summed E-state index contributed by atoms with van der Waals surface area (Å²) in [5.41, 5.74) is 7.76. The van der Waals surface area contributed by atoms with Crippen LogP contribution in [0.2, 0.25) is 0 Å². The third-order valence-electron chi connectivity index (χ3n) is 1.76. The lowest BCUT2D eigenvalue weighted by Gasteiger charge is -2.00. The summed E-state index contributed by atoms with van der Waals surface area (Å²) >= 11 is 0. The first-order valence-corrected chi connectivity index (χ1v) is 3.90. The lowest BCUT2D eigenvalue weighted by molar-refractivity contribution is 0.667. The minimum atomic E-state index is 0.525. The third kappa shape index (κ3) is 1.66. The molecule has 12 heavy (non-hydrogen) atoms. The number of nitrogens with zero attached hydrogens (tertiary/aromatic N) is 2. The van der Waals surface area contributed by atoms with Gasteiger partial charge in [0.15, 0.2) is 0 Å². The van der Waals surface area contributed by atoms with Crippen LogP contribution in [0.15, 0.2) is 6.20 Å². The van der Waals surface area contributed by atoms with Crippen molar-refractivity contribution in [1.82, 2.24) is 9.78 Å². The normalized spacial score (nSPS) is 9.25. The van der Waals surface area contributed by atoms with Gasteiger partial charge in [-0.1, -0.05) is 5.92 Å². The van der Waals surface area contributed by atoms with Gasteiger partial charge in [0.25, 0.3) is 0 Å². The van der Waals surface area contributed by atoms with Crippen LogP contribution < -0.4 is 5.73 Å². The largest absolute Gasteiger partial charge is 0.325 e. The monoisotopic (exact) mass is 163 g/mol. The molecule has 0 unspecified atom stereocenters. The summed E-state index contributed by atoms with van der Waals surface area (Å²) < 4.78 is 1.84. The molecule has 0 aliphatic rings. The lowest BCUT2D eigenvalue weighted by atomic mass is 10.3. The van der Waals surface area contributed by atoms with E-state index in [9.17, 15) is 0 Å². The number of aromatic nitrogens is 2. The zero-order chi connectivity index (χ0) is 8.97. The van der Waals surface area contributed by atoms with E-state index in [0.717, 1.165) is 11.3 Å². The molecule has 0 fully saturated rings. The van der Waals surface area contributed by atoms with E-state index in [0.29, 0.717) is 13.1 Å². The molecule has 0 atom stereocenters. The van der Waals surface area contributed by atoms with Crippen molar-refractivity contribution in [1.29, 1.82) is 0 Å². The summed E-state index contributed by atoms with van der Waals surface area (Å²) in [6, 6.07) is 0. The van der Waals surface area contributed by atoms with Crippen molar-refractivity contribution in [2.24, 2.45) is 5.73 Å². The summed E-state index contributed by atoms with van der Waals surface area (Å²) in [5, 5.41) is 4.16. The highest BCUT2D eigenvalue weighted by Crippen LogP contribution is 2.04. The Morgan fingerprint density at radius 3 is 3.00 bits per heavy atom. The van der Waals surface area contributed by atoms with E-state index in [1.165, 1.54) is 0 Å². The predicted molar refractivity (Wildman–Crippen MR) is 48.3 cm³/mol. The molecule has 0 aliphatic heterocycles. The van der Waals surface area contributed by atoms with Gasteiger partial charge in [0.05, 0.1) is 11.9 Å². The van der Waals surface area contributed by atoms with Crippen molar-refractivity contribution in [2.45, 2.75) is 26.9 Å². The summed E-state index contributed by atoms with van der Waals surface area (Å²) in [4.78, 5) is 0. The van der Waals surface area contributed by atoms with Crippen LogP contribution in [0.4, 0.5) is 0 Å². The van der Waals surface area contributed by atoms with Crippen molar-refractivity contribution in [3.63, 3.8) is 0 Å². The van der Waals surface area contributed by atoms with E-state index >= 15 is 0 Å². The van der Waals surface area contributed by atoms with Crippen molar-refractivity contribution in [3.8, 4) is 11.8 Å². The fourth-order valence-corrected chi connectivity index (χ4v) is 1.06. The molecule has 0 spiro atoms. The molecule has 1 heterocycles. The van der Waals surface area contributed by atoms with Gasteiger partial charge in [0, 0.05) is 6.54 Å². The number of aryl methyl sites for hydroxylation is 1. The van der Waals surface area contributed by atoms with E-state index in [1.807, 2.05) is 24.7 Å². The quantitative estimate of drug-likeness (QED) is 0.651. The standard InChI is InChI=1S/C9H13N3/c1-3-4-5-12-9(6-10)8(2)7-11-12/h7H,5-6,10H2,1-2H3. The Hall–Kier alpha value is -1.27. The van der Waals surface area contributed by atoms with Crippen molar-refractivity contribution in [2.75, 3.05) is 0 Å². The van der Waals surface area contributed by atoms with Crippen LogP contribution >= 0.6 is 0 Å². The molecule has 1 aromatic heterocycles. The summed E-state index contributed by atoms with van der Waals surface area (Å²) in [5.74, 6) is 5.77. The molecule has 0 aromatic carbocycles. The minimum Gasteiger partial charge on any atom is -0.325 e. The highest BCUT2D eigenvalue weighted by atomic mass is 15.3. The highest BCUT2D eigenvalue weighted by molar-refractivity contribution is 5.16. The molecule has 3 nitrogen and oxygen atoms in total. The zero-order valence-electron chi connectivity index (χ0n) is 7.46. The van der Waals surface area contributed by atoms with Gasteiger partial charge >= 0.3 is 0 Å². The second-order valence-corrected chi connectivity index (χ2v) is 2.56. The lowest BCUT2D eigenvalue weighted by Crippen LogP contribution is -2.08. The molecule has 0 amide bonds. The Morgan fingerprint density at radius 2 is 2.42 bits per heavy atom. The maximum Gasteiger partial charge on any atom is 0.102 e. The van der Waals surface area contributed by atoms with E-state index in [4.69, 9.17) is 5.73 Å². The zero-order valence-corrected chi connectivity index (χ0v) is 7.46. The van der Waals surface area contributed by atoms with E-state index in [-0.39, 0.29) is 0 Å². The van der Waals surface area contributed by atoms with Crippen molar-refractivity contribution >= 4 is 0 Å². The predicted octanol–water partition coefficient (Wildman–Crippen LogP) is 0.674. The highest BCUT2D eigenvalue weighted by Gasteiger charge is 2.02. The van der Waals surface area contributed by atoms with Crippen LogP contribution in [0.3, 0.4) is 0 Å². The number of hydrogen-bond acceptors (Lipinski definition) is 2.